The third-order valence-electron chi connectivity index (χ3n) is 5.93. The topological polar surface area (TPSA) is 48.0 Å². The number of rotatable bonds is 4. The van der Waals surface area contributed by atoms with Crippen LogP contribution in [-0.4, -0.2) is 55.6 Å². The molecule has 1 saturated heterocycles. The summed E-state index contributed by atoms with van der Waals surface area (Å²) < 4.78 is 18.3. The van der Waals surface area contributed by atoms with E-state index in [0.29, 0.717) is 0 Å². The molecule has 0 aromatic carbocycles. The molecule has 2 aliphatic rings. The largest absolute Gasteiger partial charge is 0.455 e. The van der Waals surface area contributed by atoms with Crippen LogP contribution in [0.15, 0.2) is 0 Å². The van der Waals surface area contributed by atoms with Gasteiger partial charge in [-0.2, -0.15) is 0 Å². The molecule has 1 aliphatic heterocycles. The van der Waals surface area contributed by atoms with Crippen LogP contribution in [0.2, 0.25) is 0 Å². The monoisotopic (exact) mass is 383 g/mol. The lowest BCUT2D eigenvalue weighted by Crippen LogP contribution is -2.56. The summed E-state index contributed by atoms with van der Waals surface area (Å²) in [4.78, 5) is 13.8. The van der Waals surface area contributed by atoms with E-state index < -0.39 is 6.29 Å². The van der Waals surface area contributed by atoms with E-state index in [1.807, 2.05) is 14.1 Å². The summed E-state index contributed by atoms with van der Waals surface area (Å²) in [7, 11) is 4.07. The summed E-state index contributed by atoms with van der Waals surface area (Å²) in [5, 5.41) is 0. The molecule has 0 aromatic heterocycles. The van der Waals surface area contributed by atoms with E-state index in [4.69, 9.17) is 14.2 Å². The fourth-order valence-corrected chi connectivity index (χ4v) is 4.41. The number of carbonyl (C=O) groups excluding carboxylic acids is 1. The van der Waals surface area contributed by atoms with E-state index in [-0.39, 0.29) is 30.3 Å². The van der Waals surface area contributed by atoms with Crippen molar-refractivity contribution in [3.63, 3.8) is 0 Å². The van der Waals surface area contributed by atoms with Gasteiger partial charge < -0.3 is 19.1 Å². The van der Waals surface area contributed by atoms with Crippen molar-refractivity contribution < 1.29 is 19.0 Å². The molecule has 0 bridgehead atoms. The molecule has 5 heteroatoms. The minimum atomic E-state index is -0.469. The molecular weight excluding hydrogens is 342 g/mol. The summed E-state index contributed by atoms with van der Waals surface area (Å²) in [5.41, 5.74) is 0. The van der Waals surface area contributed by atoms with Gasteiger partial charge in [-0.25, -0.2) is 0 Å². The van der Waals surface area contributed by atoms with E-state index in [1.54, 1.807) is 0 Å². The SMILES string of the molecule is CC(=O)OC1C(OC2CCCCCCCCCCC2)OC(C)CC1N(C)C. The molecule has 27 heavy (non-hydrogen) atoms. The van der Waals surface area contributed by atoms with Gasteiger partial charge in [0.2, 0.25) is 0 Å². The Morgan fingerprint density at radius 2 is 1.44 bits per heavy atom. The summed E-state index contributed by atoms with van der Waals surface area (Å²) >= 11 is 0. The lowest BCUT2D eigenvalue weighted by molar-refractivity contribution is -0.274. The van der Waals surface area contributed by atoms with E-state index in [1.165, 1.54) is 64.7 Å². The fraction of sp³-hybridized carbons (Fsp3) is 0.955. The predicted octanol–water partition coefficient (Wildman–Crippen LogP) is 4.67. The third-order valence-corrected chi connectivity index (χ3v) is 5.93. The molecule has 2 rings (SSSR count). The maximum Gasteiger partial charge on any atom is 0.303 e. The van der Waals surface area contributed by atoms with Crippen LogP contribution in [0.4, 0.5) is 0 Å². The van der Waals surface area contributed by atoms with E-state index in [2.05, 4.69) is 11.8 Å². The molecule has 5 nitrogen and oxygen atoms in total. The Hall–Kier alpha value is -0.650. The minimum absolute atomic E-state index is 0.0976. The lowest BCUT2D eigenvalue weighted by atomic mass is 9.97. The van der Waals surface area contributed by atoms with Gasteiger partial charge in [0.25, 0.3) is 0 Å². The highest BCUT2D eigenvalue weighted by atomic mass is 16.7. The van der Waals surface area contributed by atoms with Crippen LogP contribution in [0, 0.1) is 0 Å². The van der Waals surface area contributed by atoms with Gasteiger partial charge in [0.1, 0.15) is 0 Å². The van der Waals surface area contributed by atoms with Crippen molar-refractivity contribution in [3.8, 4) is 0 Å². The van der Waals surface area contributed by atoms with Gasteiger partial charge in [0, 0.05) is 6.92 Å². The standard InChI is InChI=1S/C22H41NO4/c1-17-16-20(23(3)4)21(26-18(2)24)22(25-17)27-19-14-12-10-8-6-5-7-9-11-13-15-19/h17,19-22H,5-16H2,1-4H3. The maximum absolute atomic E-state index is 11.7. The van der Waals surface area contributed by atoms with Crippen molar-refractivity contribution in [3.05, 3.63) is 0 Å². The van der Waals surface area contributed by atoms with Crippen LogP contribution in [0.5, 0.6) is 0 Å². The average Bonchev–Trinajstić information content (AvgIpc) is 2.58. The summed E-state index contributed by atoms with van der Waals surface area (Å²) in [6.07, 6.45) is 14.3. The molecule has 0 aromatic rings. The van der Waals surface area contributed by atoms with Crippen LogP contribution in [0.25, 0.3) is 0 Å². The molecule has 1 heterocycles. The number of hydrogen-bond donors (Lipinski definition) is 0. The Morgan fingerprint density at radius 1 is 0.926 bits per heavy atom. The van der Waals surface area contributed by atoms with Crippen LogP contribution < -0.4 is 0 Å². The Balaban J connectivity index is 2.02. The molecule has 4 unspecified atom stereocenters. The number of likely N-dealkylation sites (N-methyl/N-ethyl adjacent to an activating group) is 1. The highest BCUT2D eigenvalue weighted by molar-refractivity contribution is 5.66. The van der Waals surface area contributed by atoms with Crippen molar-refractivity contribution in [1.29, 1.82) is 0 Å². The second-order valence-corrected chi connectivity index (χ2v) is 8.67. The highest BCUT2D eigenvalue weighted by Gasteiger charge is 2.42. The van der Waals surface area contributed by atoms with Crippen LogP contribution in [0.3, 0.4) is 0 Å². The molecule has 158 valence electrons. The zero-order valence-electron chi connectivity index (χ0n) is 18.0. The van der Waals surface area contributed by atoms with Crippen molar-refractivity contribution >= 4 is 5.97 Å². The molecule has 1 aliphatic carbocycles. The Morgan fingerprint density at radius 3 is 1.93 bits per heavy atom. The minimum Gasteiger partial charge on any atom is -0.455 e. The molecule has 0 N–H and O–H groups in total. The average molecular weight is 384 g/mol. The molecule has 0 radical (unpaired) electrons. The number of carbonyl (C=O) groups is 1. The van der Waals surface area contributed by atoms with Crippen LogP contribution in [0.1, 0.15) is 90.9 Å². The van der Waals surface area contributed by atoms with Gasteiger partial charge in [-0.3, -0.25) is 4.79 Å². The van der Waals surface area contributed by atoms with Crippen molar-refractivity contribution in [2.45, 2.75) is 122 Å². The normalized spacial score (nSPS) is 32.5. The zero-order valence-corrected chi connectivity index (χ0v) is 18.0. The van der Waals surface area contributed by atoms with Crippen molar-refractivity contribution in [2.24, 2.45) is 0 Å². The van der Waals surface area contributed by atoms with Gasteiger partial charge in [-0.1, -0.05) is 57.8 Å². The van der Waals surface area contributed by atoms with Gasteiger partial charge >= 0.3 is 5.97 Å². The Bertz CT molecular complexity index is 417. The van der Waals surface area contributed by atoms with Gasteiger partial charge in [0.05, 0.1) is 18.2 Å². The van der Waals surface area contributed by atoms with E-state index in [0.717, 1.165) is 19.3 Å². The number of hydrogen-bond acceptors (Lipinski definition) is 5. The van der Waals surface area contributed by atoms with Gasteiger partial charge in [0.15, 0.2) is 12.4 Å². The third kappa shape index (κ3) is 8.08. The molecule has 0 amide bonds. The lowest BCUT2D eigenvalue weighted by Gasteiger charge is -2.43. The first-order valence-corrected chi connectivity index (χ1v) is 11.1. The molecule has 1 saturated carbocycles. The second kappa shape index (κ2) is 12.0. The van der Waals surface area contributed by atoms with E-state index >= 15 is 0 Å². The van der Waals surface area contributed by atoms with Gasteiger partial charge in [-0.15, -0.1) is 0 Å². The zero-order chi connectivity index (χ0) is 19.6. The second-order valence-electron chi connectivity index (χ2n) is 8.67. The number of nitrogens with zero attached hydrogens (tertiary/aromatic N) is 1. The van der Waals surface area contributed by atoms with Crippen molar-refractivity contribution in [2.75, 3.05) is 14.1 Å². The van der Waals surface area contributed by atoms with Gasteiger partial charge in [-0.05, 0) is 40.3 Å². The summed E-state index contributed by atoms with van der Waals surface area (Å²) in [5.74, 6) is -0.266. The summed E-state index contributed by atoms with van der Waals surface area (Å²) in [6, 6.07) is 0.119. The Kier molecular flexibility index (Phi) is 10.1. The van der Waals surface area contributed by atoms with Crippen LogP contribution in [-0.2, 0) is 19.0 Å². The van der Waals surface area contributed by atoms with E-state index in [9.17, 15) is 4.79 Å². The molecule has 2 fully saturated rings. The number of esters is 1. The first-order chi connectivity index (χ1) is 13.0. The Labute approximate surface area is 166 Å². The molecule has 4 atom stereocenters. The quantitative estimate of drug-likeness (QED) is 0.660. The summed E-state index contributed by atoms with van der Waals surface area (Å²) in [6.45, 7) is 3.55. The molecule has 0 spiro atoms. The maximum atomic E-state index is 11.7. The molecular formula is C22H41NO4. The highest BCUT2D eigenvalue weighted by Crippen LogP contribution is 2.29. The number of ether oxygens (including phenoxy) is 3. The van der Waals surface area contributed by atoms with Crippen molar-refractivity contribution in [1.82, 2.24) is 4.90 Å². The smallest absolute Gasteiger partial charge is 0.303 e. The predicted molar refractivity (Wildman–Crippen MR) is 108 cm³/mol. The van der Waals surface area contributed by atoms with Crippen LogP contribution >= 0.6 is 0 Å². The fourth-order valence-electron chi connectivity index (χ4n) is 4.41. The first kappa shape index (κ1) is 22.6. The first-order valence-electron chi connectivity index (χ1n) is 11.1.